The number of carbonyl (C=O) groups is 2. The van der Waals surface area contributed by atoms with Crippen molar-refractivity contribution >= 4 is 11.9 Å². The van der Waals surface area contributed by atoms with E-state index < -0.39 is 0 Å². The molecule has 74 valence electrons. The second-order valence-electron chi connectivity index (χ2n) is 3.70. The molecule has 0 radical (unpaired) electrons. The number of nitrogens with one attached hydrogen (secondary N) is 1. The van der Waals surface area contributed by atoms with Crippen LogP contribution in [0.3, 0.4) is 0 Å². The van der Waals surface area contributed by atoms with Gasteiger partial charge >= 0.3 is 6.03 Å². The van der Waals surface area contributed by atoms with Crippen molar-refractivity contribution in [3.63, 3.8) is 0 Å². The lowest BCUT2D eigenvalue weighted by Gasteiger charge is -2.28. The quantitative estimate of drug-likeness (QED) is 0.664. The van der Waals surface area contributed by atoms with E-state index in [0.29, 0.717) is 5.92 Å². The highest BCUT2D eigenvalue weighted by atomic mass is 16.2. The van der Waals surface area contributed by atoms with Crippen LogP contribution in [0.1, 0.15) is 27.2 Å². The van der Waals surface area contributed by atoms with E-state index in [1.165, 1.54) is 0 Å². The molecule has 1 unspecified atom stereocenters. The molecule has 3 amide bonds. The van der Waals surface area contributed by atoms with E-state index in [9.17, 15) is 9.59 Å². The maximum Gasteiger partial charge on any atom is 0.324 e. The van der Waals surface area contributed by atoms with Crippen molar-refractivity contribution in [3.8, 4) is 0 Å². The van der Waals surface area contributed by atoms with Crippen LogP contribution in [0.5, 0.6) is 0 Å². The number of urea groups is 1. The summed E-state index contributed by atoms with van der Waals surface area (Å²) in [5, 5.41) is 2.28. The lowest BCUT2D eigenvalue weighted by atomic mass is 10.0. The molecule has 0 bridgehead atoms. The van der Waals surface area contributed by atoms with Crippen molar-refractivity contribution in [1.82, 2.24) is 10.2 Å². The molecule has 0 aromatic rings. The Balaban J connectivity index is 2.69. The van der Waals surface area contributed by atoms with Crippen LogP contribution in [-0.2, 0) is 4.79 Å². The predicted octanol–water partition coefficient (Wildman–Crippen LogP) is 0.973. The Bertz CT molecular complexity index is 226. The third-order valence-electron chi connectivity index (χ3n) is 2.41. The van der Waals surface area contributed by atoms with Crippen LogP contribution in [0.25, 0.3) is 0 Å². The van der Waals surface area contributed by atoms with E-state index in [-0.39, 0.29) is 24.5 Å². The maximum atomic E-state index is 11.3. The second-order valence-corrected chi connectivity index (χ2v) is 3.70. The normalized spacial score (nSPS) is 19.5. The molecule has 1 aliphatic heterocycles. The number of carbonyl (C=O) groups excluding carboxylic acids is 2. The molecule has 0 aliphatic carbocycles. The van der Waals surface area contributed by atoms with Crippen molar-refractivity contribution in [2.24, 2.45) is 5.92 Å². The summed E-state index contributed by atoms with van der Waals surface area (Å²) in [6.45, 7) is 6.37. The molecule has 1 aliphatic rings. The van der Waals surface area contributed by atoms with Crippen LogP contribution >= 0.6 is 0 Å². The van der Waals surface area contributed by atoms with Crippen molar-refractivity contribution in [2.75, 3.05) is 6.54 Å². The highest BCUT2D eigenvalue weighted by Gasteiger charge is 2.32. The van der Waals surface area contributed by atoms with Crippen molar-refractivity contribution in [2.45, 2.75) is 33.2 Å². The molecule has 0 aromatic heterocycles. The fourth-order valence-electron chi connectivity index (χ4n) is 1.78. The Morgan fingerprint density at radius 2 is 2.08 bits per heavy atom. The highest BCUT2D eigenvalue weighted by Crippen LogP contribution is 2.16. The lowest BCUT2D eigenvalue weighted by Crippen LogP contribution is -2.40. The molecular formula is C9H16N2O2. The molecule has 0 aromatic carbocycles. The number of nitrogens with zero attached hydrogens (tertiary/aromatic N) is 1. The first-order chi connectivity index (χ1) is 6.06. The smallest absolute Gasteiger partial charge is 0.312 e. The van der Waals surface area contributed by atoms with Gasteiger partial charge in [-0.3, -0.25) is 10.1 Å². The monoisotopic (exact) mass is 184 g/mol. The van der Waals surface area contributed by atoms with E-state index in [1.54, 1.807) is 4.90 Å². The van der Waals surface area contributed by atoms with Gasteiger partial charge in [0.25, 0.3) is 0 Å². The zero-order chi connectivity index (χ0) is 10.0. The Morgan fingerprint density at radius 3 is 2.38 bits per heavy atom. The van der Waals surface area contributed by atoms with Crippen LogP contribution < -0.4 is 5.32 Å². The molecule has 1 fully saturated rings. The van der Waals surface area contributed by atoms with E-state index in [1.807, 2.05) is 6.92 Å². The molecular weight excluding hydrogens is 168 g/mol. The van der Waals surface area contributed by atoms with Gasteiger partial charge in [0.2, 0.25) is 5.91 Å². The fourth-order valence-corrected chi connectivity index (χ4v) is 1.78. The zero-order valence-electron chi connectivity index (χ0n) is 8.33. The molecule has 1 heterocycles. The number of amides is 3. The Kier molecular flexibility index (Phi) is 2.90. The molecule has 0 saturated carbocycles. The van der Waals surface area contributed by atoms with Crippen molar-refractivity contribution in [1.29, 1.82) is 0 Å². The third kappa shape index (κ3) is 1.99. The highest BCUT2D eigenvalue weighted by molar-refractivity contribution is 6.02. The number of hydrogen-bond acceptors (Lipinski definition) is 2. The first-order valence-corrected chi connectivity index (χ1v) is 4.66. The van der Waals surface area contributed by atoms with Crippen molar-refractivity contribution < 1.29 is 9.59 Å². The van der Waals surface area contributed by atoms with E-state index >= 15 is 0 Å². The van der Waals surface area contributed by atoms with Crippen molar-refractivity contribution in [3.05, 3.63) is 0 Å². The van der Waals surface area contributed by atoms with Gasteiger partial charge in [0.05, 0.1) is 0 Å². The largest absolute Gasteiger partial charge is 0.324 e. The van der Waals surface area contributed by atoms with Gasteiger partial charge in [-0.25, -0.2) is 4.79 Å². The summed E-state index contributed by atoms with van der Waals surface area (Å²) in [7, 11) is 0. The standard InChI is InChI=1S/C9H16N2O2/c1-4-7(6(2)3)11-5-8(12)10-9(11)13/h6-7H,4-5H2,1-3H3,(H,10,12,13). The fraction of sp³-hybridized carbons (Fsp3) is 0.778. The van der Waals surface area contributed by atoms with Crippen LogP contribution in [-0.4, -0.2) is 29.4 Å². The summed E-state index contributed by atoms with van der Waals surface area (Å²) < 4.78 is 0. The maximum absolute atomic E-state index is 11.3. The van der Waals surface area contributed by atoms with Gasteiger partial charge < -0.3 is 4.90 Å². The summed E-state index contributed by atoms with van der Waals surface area (Å²) in [5.74, 6) is 0.200. The Labute approximate surface area is 78.3 Å². The second kappa shape index (κ2) is 3.77. The Hall–Kier alpha value is -1.06. The molecule has 1 saturated heterocycles. The minimum atomic E-state index is -0.245. The van der Waals surface area contributed by atoms with Gasteiger partial charge in [-0.1, -0.05) is 20.8 Å². The van der Waals surface area contributed by atoms with Crippen LogP contribution in [0.4, 0.5) is 4.79 Å². The van der Waals surface area contributed by atoms with Gasteiger partial charge in [-0.05, 0) is 12.3 Å². The van der Waals surface area contributed by atoms with E-state index in [2.05, 4.69) is 19.2 Å². The summed E-state index contributed by atoms with van der Waals surface area (Å²) in [6.07, 6.45) is 0.887. The van der Waals surface area contributed by atoms with Crippen LogP contribution in [0.2, 0.25) is 0 Å². The van der Waals surface area contributed by atoms with Gasteiger partial charge in [0, 0.05) is 6.04 Å². The molecule has 4 heteroatoms. The first kappa shape index (κ1) is 10.0. The SMILES string of the molecule is CCC(C(C)C)N1CC(=O)NC1=O. The van der Waals surface area contributed by atoms with Crippen LogP contribution in [0, 0.1) is 5.92 Å². The van der Waals surface area contributed by atoms with E-state index in [0.717, 1.165) is 6.42 Å². The van der Waals surface area contributed by atoms with Gasteiger partial charge in [0.15, 0.2) is 0 Å². The van der Waals surface area contributed by atoms with Crippen LogP contribution in [0.15, 0.2) is 0 Å². The minimum Gasteiger partial charge on any atom is -0.312 e. The molecule has 4 nitrogen and oxygen atoms in total. The summed E-state index contributed by atoms with van der Waals surface area (Å²) >= 11 is 0. The first-order valence-electron chi connectivity index (χ1n) is 4.66. The summed E-state index contributed by atoms with van der Waals surface area (Å²) in [5.41, 5.74) is 0. The number of hydrogen-bond donors (Lipinski definition) is 1. The average Bonchev–Trinajstić information content (AvgIpc) is 2.31. The molecule has 13 heavy (non-hydrogen) atoms. The molecule has 1 N–H and O–H groups in total. The Morgan fingerprint density at radius 1 is 1.46 bits per heavy atom. The van der Waals surface area contributed by atoms with Gasteiger partial charge in [-0.2, -0.15) is 0 Å². The third-order valence-corrected chi connectivity index (χ3v) is 2.41. The minimum absolute atomic E-state index is 0.173. The summed E-state index contributed by atoms with van der Waals surface area (Å²) in [4.78, 5) is 23.8. The number of rotatable bonds is 3. The van der Waals surface area contributed by atoms with Gasteiger partial charge in [0.1, 0.15) is 6.54 Å². The molecule has 1 rings (SSSR count). The molecule has 1 atom stereocenters. The zero-order valence-corrected chi connectivity index (χ0v) is 8.33. The average molecular weight is 184 g/mol. The lowest BCUT2D eigenvalue weighted by molar-refractivity contribution is -0.118. The van der Waals surface area contributed by atoms with E-state index in [4.69, 9.17) is 0 Å². The number of imide groups is 1. The summed E-state index contributed by atoms with van der Waals surface area (Å²) in [6, 6.07) is -0.0722. The predicted molar refractivity (Wildman–Crippen MR) is 49.2 cm³/mol. The topological polar surface area (TPSA) is 49.4 Å². The van der Waals surface area contributed by atoms with Gasteiger partial charge in [-0.15, -0.1) is 0 Å². The molecule has 0 spiro atoms.